The first-order valence-corrected chi connectivity index (χ1v) is 7.37. The van der Waals surface area contributed by atoms with Gasteiger partial charge in [-0.15, -0.1) is 0 Å². The molecular formula is C14H26N2O3. The molecule has 0 aliphatic carbocycles. The normalized spacial score (nSPS) is 26.0. The number of hydrogen-bond acceptors (Lipinski definition) is 4. The molecule has 19 heavy (non-hydrogen) atoms. The maximum Gasteiger partial charge on any atom is 0.248 e. The molecule has 1 amide bonds. The van der Waals surface area contributed by atoms with Crippen LogP contribution in [-0.2, 0) is 14.3 Å². The number of nitrogens with zero attached hydrogens (tertiary/aromatic N) is 1. The molecule has 2 aliphatic heterocycles. The molecule has 2 heterocycles. The minimum absolute atomic E-state index is 0.0953. The van der Waals surface area contributed by atoms with Crippen LogP contribution in [-0.4, -0.2) is 61.9 Å². The van der Waals surface area contributed by atoms with Gasteiger partial charge in [-0.1, -0.05) is 6.92 Å². The average molecular weight is 270 g/mol. The van der Waals surface area contributed by atoms with E-state index < -0.39 is 0 Å². The van der Waals surface area contributed by atoms with Crippen molar-refractivity contribution in [1.29, 1.82) is 0 Å². The van der Waals surface area contributed by atoms with Crippen LogP contribution in [0.2, 0.25) is 0 Å². The van der Waals surface area contributed by atoms with Crippen molar-refractivity contribution in [3.63, 3.8) is 0 Å². The number of amides is 1. The fourth-order valence-corrected chi connectivity index (χ4v) is 2.49. The van der Waals surface area contributed by atoms with Crippen molar-refractivity contribution in [1.82, 2.24) is 10.2 Å². The van der Waals surface area contributed by atoms with E-state index in [4.69, 9.17) is 9.47 Å². The second kappa shape index (κ2) is 6.68. The second-order valence-electron chi connectivity index (χ2n) is 5.82. The van der Waals surface area contributed by atoms with Gasteiger partial charge in [0, 0.05) is 32.8 Å². The smallest absolute Gasteiger partial charge is 0.248 e. The van der Waals surface area contributed by atoms with E-state index in [1.165, 1.54) is 0 Å². The second-order valence-corrected chi connectivity index (χ2v) is 5.82. The maximum atomic E-state index is 12.1. The third kappa shape index (κ3) is 4.16. The minimum Gasteiger partial charge on any atom is -0.376 e. The highest BCUT2D eigenvalue weighted by atomic mass is 16.5. The van der Waals surface area contributed by atoms with E-state index in [1.807, 2.05) is 11.8 Å². The molecule has 5 heteroatoms. The Morgan fingerprint density at radius 1 is 1.47 bits per heavy atom. The molecule has 2 aliphatic rings. The molecule has 1 atom stereocenters. The number of carbonyl (C=O) groups is 1. The van der Waals surface area contributed by atoms with Crippen molar-refractivity contribution in [2.24, 2.45) is 0 Å². The van der Waals surface area contributed by atoms with Gasteiger partial charge in [0.05, 0.1) is 11.7 Å². The topological polar surface area (TPSA) is 50.8 Å². The fraction of sp³-hybridized carbons (Fsp3) is 0.929. The Hall–Kier alpha value is -0.650. The standard InChI is InChI=1S/C14H26N2O3/c1-3-7-18-12-5-4-6-16(8-12)13(17)9-19-14(2)10-15-11-14/h12,15H,3-11H2,1-2H3. The third-order valence-electron chi connectivity index (χ3n) is 3.83. The van der Waals surface area contributed by atoms with E-state index in [9.17, 15) is 4.79 Å². The van der Waals surface area contributed by atoms with Gasteiger partial charge in [0.25, 0.3) is 0 Å². The van der Waals surface area contributed by atoms with Crippen LogP contribution >= 0.6 is 0 Å². The summed E-state index contributed by atoms with van der Waals surface area (Å²) in [5, 5.41) is 3.17. The minimum atomic E-state index is -0.149. The highest BCUT2D eigenvalue weighted by Gasteiger charge is 2.34. The lowest BCUT2D eigenvalue weighted by Crippen LogP contribution is -2.60. The Morgan fingerprint density at radius 3 is 2.89 bits per heavy atom. The van der Waals surface area contributed by atoms with Crippen molar-refractivity contribution >= 4 is 5.91 Å². The monoisotopic (exact) mass is 270 g/mol. The van der Waals surface area contributed by atoms with Gasteiger partial charge < -0.3 is 19.7 Å². The molecule has 2 saturated heterocycles. The summed E-state index contributed by atoms with van der Waals surface area (Å²) >= 11 is 0. The summed E-state index contributed by atoms with van der Waals surface area (Å²) in [6.07, 6.45) is 3.32. The summed E-state index contributed by atoms with van der Waals surface area (Å²) < 4.78 is 11.4. The summed E-state index contributed by atoms with van der Waals surface area (Å²) in [5.41, 5.74) is -0.149. The van der Waals surface area contributed by atoms with E-state index in [2.05, 4.69) is 12.2 Å². The van der Waals surface area contributed by atoms with Gasteiger partial charge in [0.1, 0.15) is 6.61 Å². The lowest BCUT2D eigenvalue weighted by molar-refractivity contribution is -0.149. The number of ether oxygens (including phenoxy) is 2. The summed E-state index contributed by atoms with van der Waals surface area (Å²) in [7, 11) is 0. The third-order valence-corrected chi connectivity index (χ3v) is 3.83. The zero-order valence-electron chi connectivity index (χ0n) is 12.1. The molecule has 0 bridgehead atoms. The van der Waals surface area contributed by atoms with Crippen molar-refractivity contribution in [2.75, 3.05) is 39.4 Å². The van der Waals surface area contributed by atoms with Crippen molar-refractivity contribution in [2.45, 2.75) is 44.8 Å². The molecule has 0 spiro atoms. The number of piperidine rings is 1. The summed E-state index contributed by atoms with van der Waals surface area (Å²) in [5.74, 6) is 0.0953. The molecule has 0 radical (unpaired) electrons. The van der Waals surface area contributed by atoms with E-state index in [0.717, 1.165) is 52.0 Å². The molecule has 110 valence electrons. The summed E-state index contributed by atoms with van der Waals surface area (Å²) in [4.78, 5) is 14.0. The Morgan fingerprint density at radius 2 is 2.26 bits per heavy atom. The van der Waals surface area contributed by atoms with Crippen LogP contribution in [0, 0.1) is 0 Å². The maximum absolute atomic E-state index is 12.1. The van der Waals surface area contributed by atoms with Gasteiger partial charge in [-0.05, 0) is 26.2 Å². The van der Waals surface area contributed by atoms with Crippen LogP contribution in [0.5, 0.6) is 0 Å². The predicted molar refractivity (Wildman–Crippen MR) is 73.1 cm³/mol. The SMILES string of the molecule is CCCOC1CCCN(C(=O)COC2(C)CNC2)C1. The van der Waals surface area contributed by atoms with Crippen molar-refractivity contribution in [3.05, 3.63) is 0 Å². The van der Waals surface area contributed by atoms with Crippen LogP contribution in [0.4, 0.5) is 0 Å². The van der Waals surface area contributed by atoms with Gasteiger partial charge in [0.15, 0.2) is 0 Å². The molecule has 1 unspecified atom stereocenters. The first-order chi connectivity index (χ1) is 9.13. The van der Waals surface area contributed by atoms with Crippen LogP contribution in [0.15, 0.2) is 0 Å². The highest BCUT2D eigenvalue weighted by molar-refractivity contribution is 5.77. The molecule has 0 aromatic carbocycles. The van der Waals surface area contributed by atoms with Crippen LogP contribution in [0.3, 0.4) is 0 Å². The fourth-order valence-electron chi connectivity index (χ4n) is 2.49. The predicted octanol–water partition coefficient (Wildman–Crippen LogP) is 0.783. The van der Waals surface area contributed by atoms with E-state index in [0.29, 0.717) is 0 Å². The Kier molecular flexibility index (Phi) is 5.19. The van der Waals surface area contributed by atoms with Gasteiger partial charge in [0.2, 0.25) is 5.91 Å². The number of likely N-dealkylation sites (tertiary alicyclic amines) is 1. The molecule has 2 rings (SSSR count). The Labute approximate surface area is 115 Å². The van der Waals surface area contributed by atoms with E-state index in [-0.39, 0.29) is 24.2 Å². The number of nitrogens with one attached hydrogen (secondary N) is 1. The molecule has 5 nitrogen and oxygen atoms in total. The average Bonchev–Trinajstić information content (AvgIpc) is 2.40. The molecule has 2 fully saturated rings. The Balaban J connectivity index is 1.72. The molecular weight excluding hydrogens is 244 g/mol. The quantitative estimate of drug-likeness (QED) is 0.775. The zero-order valence-corrected chi connectivity index (χ0v) is 12.1. The molecule has 1 N–H and O–H groups in total. The van der Waals surface area contributed by atoms with E-state index >= 15 is 0 Å². The summed E-state index contributed by atoms with van der Waals surface area (Å²) in [6, 6.07) is 0. The zero-order chi connectivity index (χ0) is 13.7. The van der Waals surface area contributed by atoms with Gasteiger partial charge >= 0.3 is 0 Å². The highest BCUT2D eigenvalue weighted by Crippen LogP contribution is 2.17. The van der Waals surface area contributed by atoms with Crippen LogP contribution in [0.1, 0.15) is 33.1 Å². The van der Waals surface area contributed by atoms with Crippen LogP contribution in [0.25, 0.3) is 0 Å². The van der Waals surface area contributed by atoms with Gasteiger partial charge in [-0.3, -0.25) is 4.79 Å². The molecule has 0 saturated carbocycles. The lowest BCUT2D eigenvalue weighted by atomic mass is 10.0. The Bertz CT molecular complexity index is 305. The van der Waals surface area contributed by atoms with Crippen LogP contribution < -0.4 is 5.32 Å². The van der Waals surface area contributed by atoms with Crippen molar-refractivity contribution in [3.8, 4) is 0 Å². The number of rotatable bonds is 6. The van der Waals surface area contributed by atoms with Gasteiger partial charge in [-0.2, -0.15) is 0 Å². The van der Waals surface area contributed by atoms with E-state index in [1.54, 1.807) is 0 Å². The largest absolute Gasteiger partial charge is 0.376 e. The molecule has 0 aromatic rings. The first-order valence-electron chi connectivity index (χ1n) is 7.37. The number of carbonyl (C=O) groups excluding carboxylic acids is 1. The number of hydrogen-bond donors (Lipinski definition) is 1. The first kappa shape index (κ1) is 14.8. The van der Waals surface area contributed by atoms with Crippen molar-refractivity contribution < 1.29 is 14.3 Å². The lowest BCUT2D eigenvalue weighted by Gasteiger charge is -2.40. The van der Waals surface area contributed by atoms with Gasteiger partial charge in [-0.25, -0.2) is 0 Å². The molecule has 0 aromatic heterocycles. The summed E-state index contributed by atoms with van der Waals surface area (Å²) in [6.45, 7) is 8.35.